The average molecular weight is 1350 g/mol. The summed E-state index contributed by atoms with van der Waals surface area (Å²) < 4.78 is 10.5. The van der Waals surface area contributed by atoms with E-state index in [1.807, 2.05) is 101 Å². The topological polar surface area (TPSA) is 238 Å². The van der Waals surface area contributed by atoms with E-state index in [1.54, 1.807) is 22.7 Å². The maximum atomic E-state index is 15.3. The highest BCUT2D eigenvalue weighted by Crippen LogP contribution is 2.72. The van der Waals surface area contributed by atoms with Crippen LogP contribution in [0.4, 0.5) is 22.6 Å². The van der Waals surface area contributed by atoms with Gasteiger partial charge in [-0.25, -0.2) is 15.0 Å². The van der Waals surface area contributed by atoms with Crippen LogP contribution in [0.3, 0.4) is 0 Å². The quantitative estimate of drug-likeness (QED) is 0.0477. The summed E-state index contributed by atoms with van der Waals surface area (Å²) in [4.78, 5) is 79.9. The fraction of sp³-hybridized carbons (Fsp3) is 0.573. The molecule has 15 rings (SSSR count). The lowest BCUT2D eigenvalue weighted by Gasteiger charge is -2.69. The van der Waals surface area contributed by atoms with E-state index in [-0.39, 0.29) is 77.0 Å². The molecule has 2 saturated heterocycles. The van der Waals surface area contributed by atoms with Gasteiger partial charge in [0.1, 0.15) is 23.6 Å². The van der Waals surface area contributed by atoms with Crippen molar-refractivity contribution in [1.82, 2.24) is 60.7 Å². The summed E-state index contributed by atoms with van der Waals surface area (Å²) in [5, 5.41) is 39.6. The van der Waals surface area contributed by atoms with Gasteiger partial charge in [-0.05, 0) is 194 Å². The first-order valence-corrected chi connectivity index (χ1v) is 37.2. The summed E-state index contributed by atoms with van der Waals surface area (Å²) in [6.07, 6.45) is 15.0. The fourth-order valence-corrected chi connectivity index (χ4v) is 20.6. The van der Waals surface area contributed by atoms with Crippen LogP contribution in [-0.4, -0.2) is 143 Å². The molecule has 8 aliphatic rings. The van der Waals surface area contributed by atoms with Gasteiger partial charge in [0.25, 0.3) is 5.91 Å². The van der Waals surface area contributed by atoms with Crippen LogP contribution in [0.2, 0.25) is 0 Å². The van der Waals surface area contributed by atoms with E-state index >= 15 is 4.79 Å². The number of aryl methyl sites for hydroxylation is 1. The van der Waals surface area contributed by atoms with Crippen LogP contribution in [0.15, 0.2) is 72.4 Å². The van der Waals surface area contributed by atoms with Crippen LogP contribution in [0.5, 0.6) is 0 Å². The number of aliphatic hydroxyl groups excluding tert-OH is 1. The van der Waals surface area contributed by atoms with E-state index in [9.17, 15) is 19.5 Å². The summed E-state index contributed by atoms with van der Waals surface area (Å²) in [5.74, 6) is 0.732. The van der Waals surface area contributed by atoms with Crippen molar-refractivity contribution in [2.75, 3.05) is 49.5 Å². The molecular formula is C75H96N14O6S2. The third kappa shape index (κ3) is 13.8. The lowest BCUT2D eigenvalue weighted by molar-refractivity contribution is -0.248. The van der Waals surface area contributed by atoms with E-state index < -0.39 is 29.5 Å². The van der Waals surface area contributed by atoms with Gasteiger partial charge in [-0.3, -0.25) is 23.9 Å². The lowest BCUT2D eigenvalue weighted by Crippen LogP contribution is -2.64. The van der Waals surface area contributed by atoms with Crippen LogP contribution in [0.25, 0.3) is 31.8 Å². The largest absolute Gasteiger partial charge is 0.391 e. The molecule has 20 nitrogen and oxygen atoms in total. The minimum absolute atomic E-state index is 0.0132. The smallest absolute Gasteiger partial charge is 0.270 e. The monoisotopic (exact) mass is 1350 g/mol. The molecule has 514 valence electrons. The zero-order valence-corrected chi connectivity index (χ0v) is 59.6. The van der Waals surface area contributed by atoms with E-state index in [0.717, 1.165) is 130 Å². The summed E-state index contributed by atoms with van der Waals surface area (Å²) >= 11 is 3.16. The number of rotatable bonds is 20. The first-order chi connectivity index (χ1) is 46.4. The molecule has 7 aromatic rings. The second kappa shape index (κ2) is 26.5. The number of ether oxygens (including phenoxy) is 1. The van der Waals surface area contributed by atoms with Crippen LogP contribution in [0.1, 0.15) is 182 Å². The zero-order chi connectivity index (χ0) is 67.8. The first kappa shape index (κ1) is 67.0. The Bertz CT molecular complexity index is 4060. The number of carbonyl (C=O) groups excluding carboxylic acids is 4. The predicted molar refractivity (Wildman–Crippen MR) is 380 cm³/mol. The Kier molecular flexibility index (Phi) is 18.3. The fourth-order valence-electron chi connectivity index (χ4n) is 18.9. The van der Waals surface area contributed by atoms with Gasteiger partial charge in [-0.2, -0.15) is 5.10 Å². The first-order valence-electron chi connectivity index (χ1n) is 35.5. The summed E-state index contributed by atoms with van der Waals surface area (Å²) in [7, 11) is 0. The van der Waals surface area contributed by atoms with Gasteiger partial charge < -0.3 is 45.8 Å². The van der Waals surface area contributed by atoms with E-state index in [2.05, 4.69) is 74.5 Å². The van der Waals surface area contributed by atoms with Crippen molar-refractivity contribution in [3.63, 3.8) is 0 Å². The highest BCUT2D eigenvalue weighted by molar-refractivity contribution is 7.22. The number of hydrogen-bond acceptors (Lipinski definition) is 17. The van der Waals surface area contributed by atoms with Crippen molar-refractivity contribution >= 4 is 79.1 Å². The Labute approximate surface area is 577 Å². The number of hydrogen-bond donors (Lipinski definition) is 5. The number of anilines is 4. The molecule has 5 aliphatic carbocycles. The number of benzene rings is 2. The molecule has 3 aliphatic heterocycles. The lowest BCUT2D eigenvalue weighted by atomic mass is 9.39. The summed E-state index contributed by atoms with van der Waals surface area (Å²) in [6, 6.07) is 17.8. The molecule has 0 radical (unpaired) electrons. The molecule has 2 unspecified atom stereocenters. The van der Waals surface area contributed by atoms with Crippen molar-refractivity contribution in [2.24, 2.45) is 27.6 Å². The minimum atomic E-state index is -0.950. The van der Waals surface area contributed by atoms with Crippen molar-refractivity contribution in [3.05, 3.63) is 106 Å². The second-order valence-electron chi connectivity index (χ2n) is 31.7. The molecule has 97 heavy (non-hydrogen) atoms. The van der Waals surface area contributed by atoms with Gasteiger partial charge in [-0.1, -0.05) is 82.4 Å². The number of likely N-dealkylation sites (tertiary alicyclic amines) is 2. The predicted octanol–water partition coefficient (Wildman–Crippen LogP) is 12.5. The van der Waals surface area contributed by atoms with Crippen LogP contribution in [-0.2, 0) is 32.1 Å². The number of amides is 4. The van der Waals surface area contributed by atoms with Crippen LogP contribution >= 0.6 is 22.7 Å². The molecule has 6 atom stereocenters. The van der Waals surface area contributed by atoms with Crippen molar-refractivity contribution in [3.8, 4) is 21.6 Å². The van der Waals surface area contributed by atoms with Gasteiger partial charge in [0.15, 0.2) is 16.8 Å². The maximum absolute atomic E-state index is 15.3. The summed E-state index contributed by atoms with van der Waals surface area (Å²) in [5.41, 5.74) is 10.2. The Morgan fingerprint density at radius 2 is 1.59 bits per heavy atom. The molecule has 4 bridgehead atoms. The van der Waals surface area contributed by atoms with Crippen molar-refractivity contribution < 1.29 is 29.0 Å². The summed E-state index contributed by atoms with van der Waals surface area (Å²) in [6.45, 7) is 24.4. The van der Waals surface area contributed by atoms with Crippen LogP contribution in [0, 0.1) is 48.3 Å². The number of pyridine rings is 1. The molecule has 7 fully saturated rings. The molecule has 5 saturated carbocycles. The standard InChI is InChI=1S/C75H96N14O6S2/c1-45-54-15-14-30-87(66(54)85-84-65(45)83-70-80-57-16-10-11-17-59(57)97-70)60-27-26-55(56-35-77-89(48(56)4)43-74-38-72(8)37-73(9,39-74)41-75(40-72,42-74)95-32-31-86-28-12-13-29-86)62(81-60)68(93)79-52-24-18-49(19-25-52)33-61(91)82-64(71(5,6)7)69(94)88-36-53(90)34-58(88)67(92)78-46(2)50-20-22-51(23-21-50)63-47(3)76-44-96-63/h10-11,16-17,20-23,26-27,35,44,46,49,52-53,58,64,90H,12-15,18-19,24-25,28-34,36-43H2,1-9H3,(H,78,92)(H,79,93)(H,82,91)(H,80,83,84)/t46-,49?,52?,53+,58-,64+,72?,73?,74?,75?/m0/s1. The molecule has 2 aromatic carbocycles. The van der Waals surface area contributed by atoms with E-state index in [0.29, 0.717) is 55.1 Å². The number of fused-ring (bicyclic) bond motifs is 2. The molecule has 5 N–H and O–H groups in total. The molecular weight excluding hydrogens is 1260 g/mol. The third-order valence-corrected chi connectivity index (χ3v) is 24.5. The number of β-amino-alcohol motifs (C(OH)–C–C–N with tert-alkyl or cyclic N) is 1. The number of aromatic nitrogens is 7. The molecule has 8 heterocycles. The maximum Gasteiger partial charge on any atom is 0.270 e. The third-order valence-electron chi connectivity index (χ3n) is 22.5. The Morgan fingerprint density at radius 3 is 2.31 bits per heavy atom. The Morgan fingerprint density at radius 1 is 0.835 bits per heavy atom. The number of aliphatic hydroxyl groups is 1. The van der Waals surface area contributed by atoms with Gasteiger partial charge in [0.05, 0.1) is 56.8 Å². The Hall–Kier alpha value is -7.24. The highest BCUT2D eigenvalue weighted by Gasteiger charge is 2.66. The number of nitrogens with one attached hydrogen (secondary N) is 4. The molecule has 22 heteroatoms. The van der Waals surface area contributed by atoms with E-state index in [4.69, 9.17) is 30.0 Å². The number of carbonyl (C=O) groups is 4. The van der Waals surface area contributed by atoms with Gasteiger partial charge in [-0.15, -0.1) is 21.5 Å². The molecule has 4 amide bonds. The van der Waals surface area contributed by atoms with E-state index in [1.165, 1.54) is 37.3 Å². The number of para-hydroxylation sites is 1. The number of thiazole rings is 2. The van der Waals surface area contributed by atoms with Gasteiger partial charge in [0.2, 0.25) is 17.7 Å². The number of nitrogens with zero attached hydrogens (tertiary/aromatic N) is 10. The zero-order valence-electron chi connectivity index (χ0n) is 57.9. The normalized spacial score (nSPS) is 26.9. The van der Waals surface area contributed by atoms with Crippen LogP contribution < -0.4 is 26.2 Å². The molecule has 5 aromatic heterocycles. The Balaban J connectivity index is 0.667. The average Bonchev–Trinajstić information content (AvgIpc) is 0.816. The second-order valence-corrected chi connectivity index (χ2v) is 33.6. The highest BCUT2D eigenvalue weighted by atomic mass is 32.1. The van der Waals surface area contributed by atoms with Crippen molar-refractivity contribution in [2.45, 2.75) is 207 Å². The minimum Gasteiger partial charge on any atom is -0.391 e. The van der Waals surface area contributed by atoms with Gasteiger partial charge >= 0.3 is 0 Å². The van der Waals surface area contributed by atoms with Gasteiger partial charge in [0, 0.05) is 73.0 Å². The SMILES string of the molecule is Cc1ncsc1-c1ccc([C@H](C)NC(=O)[C@@H]2C[C@@H](O)CN2C(=O)[C@@H](NC(=O)CC2CCC(NC(=O)c3nc(N4CCCc5c4nnc(Nc4nc6ccccc6s4)c5C)ccc3-c3cnn(CC45CC6(C)CC(C)(C4)CC(OCCN4CCCC4)(C6)C5)c3C)CC2)C(C)(C)C)cc1. The molecule has 0 spiro atoms. The van der Waals surface area contributed by atoms with Crippen molar-refractivity contribution in [1.29, 1.82) is 0 Å².